The van der Waals surface area contributed by atoms with Gasteiger partial charge in [0.1, 0.15) is 0 Å². The number of aromatic nitrogens is 3. The van der Waals surface area contributed by atoms with Crippen LogP contribution >= 0.6 is 0 Å². The summed E-state index contributed by atoms with van der Waals surface area (Å²) in [5.74, 6) is 1.53. The molecule has 2 aromatic heterocycles. The number of hydrogen-bond donors (Lipinski definition) is 0. The number of rotatable bonds is 2. The second-order valence-electron chi connectivity index (χ2n) is 5.40. The molecule has 0 spiro atoms. The highest BCUT2D eigenvalue weighted by molar-refractivity contribution is 5.92. The minimum Gasteiger partial charge on any atom is -0.381 e. The molecule has 1 aliphatic rings. The highest BCUT2D eigenvalue weighted by Crippen LogP contribution is 2.29. The van der Waals surface area contributed by atoms with Crippen molar-refractivity contribution in [2.45, 2.75) is 19.3 Å². The van der Waals surface area contributed by atoms with Crippen molar-refractivity contribution in [2.75, 3.05) is 13.2 Å². The maximum absolute atomic E-state index is 5.47. The number of nitrogens with zero attached hydrogens (tertiary/aromatic N) is 3. The van der Waals surface area contributed by atoms with Crippen molar-refractivity contribution in [3.63, 3.8) is 0 Å². The monoisotopic (exact) mass is 281 g/mol. The van der Waals surface area contributed by atoms with E-state index in [-0.39, 0.29) is 5.92 Å². The van der Waals surface area contributed by atoms with Crippen LogP contribution in [0, 0.1) is 6.92 Å². The fraction of sp³-hybridized carbons (Fsp3) is 0.312. The van der Waals surface area contributed by atoms with Crippen LogP contribution in [-0.4, -0.2) is 28.3 Å². The molecule has 1 saturated heterocycles. The summed E-state index contributed by atoms with van der Waals surface area (Å²) in [4.78, 5) is 8.94. The Morgan fingerprint density at radius 1 is 1.24 bits per heavy atom. The van der Waals surface area contributed by atoms with E-state index in [1.807, 2.05) is 18.2 Å². The van der Waals surface area contributed by atoms with Gasteiger partial charge in [-0.05, 0) is 31.5 Å². The molecule has 1 aliphatic heterocycles. The Bertz CT molecular complexity index is 791. The molecule has 3 heterocycles. The number of benzene rings is 1. The summed E-state index contributed by atoms with van der Waals surface area (Å²) in [7, 11) is 0. The summed E-state index contributed by atoms with van der Waals surface area (Å²) in [5, 5.41) is 5.15. The van der Waals surface area contributed by atoms with E-state index in [2.05, 4.69) is 28.1 Å². The van der Waals surface area contributed by atoms with E-state index in [1.165, 1.54) is 5.56 Å². The zero-order valence-electron chi connectivity index (χ0n) is 11.7. The summed E-state index contributed by atoms with van der Waals surface area (Å²) in [6.07, 6.45) is 2.73. The topological polar surface area (TPSA) is 61.0 Å². The Labute approximate surface area is 122 Å². The van der Waals surface area contributed by atoms with Crippen LogP contribution in [0.4, 0.5) is 0 Å². The molecule has 3 aromatic rings. The molecule has 0 unspecified atom stereocenters. The first-order valence-electron chi connectivity index (χ1n) is 7.08. The smallest absolute Gasteiger partial charge is 0.258 e. The van der Waals surface area contributed by atoms with E-state index in [4.69, 9.17) is 9.26 Å². The molecule has 1 fully saturated rings. The fourth-order valence-corrected chi connectivity index (χ4v) is 2.69. The van der Waals surface area contributed by atoms with Gasteiger partial charge in [-0.25, -0.2) is 0 Å². The van der Waals surface area contributed by atoms with E-state index in [0.29, 0.717) is 12.5 Å². The van der Waals surface area contributed by atoms with Gasteiger partial charge < -0.3 is 9.26 Å². The van der Waals surface area contributed by atoms with Gasteiger partial charge in [-0.15, -0.1) is 0 Å². The molecule has 1 atom stereocenters. The van der Waals surface area contributed by atoms with Crippen molar-refractivity contribution in [1.29, 1.82) is 0 Å². The molecule has 0 saturated carbocycles. The predicted molar refractivity (Wildman–Crippen MR) is 77.9 cm³/mol. The number of pyridine rings is 1. The molecular formula is C16H15N3O2. The standard InChI is InChI=1S/C16H15N3O2/c1-10-2-3-14-13(8-10)12(4-6-17-14)16-18-15(19-21-16)11-5-7-20-9-11/h2-4,6,8,11H,5,7,9H2,1H3/t11-/m1/s1. The van der Waals surface area contributed by atoms with Crippen molar-refractivity contribution in [1.82, 2.24) is 15.1 Å². The SMILES string of the molecule is Cc1ccc2nccc(-c3nc([C@@H]4CCOC4)no3)c2c1. The molecular weight excluding hydrogens is 266 g/mol. The number of fused-ring (bicyclic) bond motifs is 1. The third-order valence-electron chi connectivity index (χ3n) is 3.86. The second-order valence-corrected chi connectivity index (χ2v) is 5.40. The summed E-state index contributed by atoms with van der Waals surface area (Å²) in [5.41, 5.74) is 3.05. The Kier molecular flexibility index (Phi) is 2.93. The van der Waals surface area contributed by atoms with Crippen molar-refractivity contribution in [3.05, 3.63) is 41.9 Å². The fourth-order valence-electron chi connectivity index (χ4n) is 2.69. The number of ether oxygens (including phenoxy) is 1. The van der Waals surface area contributed by atoms with Crippen LogP contribution in [0.1, 0.15) is 23.7 Å². The van der Waals surface area contributed by atoms with Crippen molar-refractivity contribution in [2.24, 2.45) is 0 Å². The Morgan fingerprint density at radius 3 is 3.05 bits per heavy atom. The molecule has 0 amide bonds. The Balaban J connectivity index is 1.81. The van der Waals surface area contributed by atoms with Gasteiger partial charge in [-0.2, -0.15) is 4.98 Å². The largest absolute Gasteiger partial charge is 0.381 e. The van der Waals surface area contributed by atoms with Crippen LogP contribution in [0.3, 0.4) is 0 Å². The lowest BCUT2D eigenvalue weighted by atomic mass is 10.1. The maximum Gasteiger partial charge on any atom is 0.258 e. The normalized spacial score (nSPS) is 18.4. The maximum atomic E-state index is 5.47. The van der Waals surface area contributed by atoms with Gasteiger partial charge in [0.2, 0.25) is 0 Å². The van der Waals surface area contributed by atoms with E-state index >= 15 is 0 Å². The first-order chi connectivity index (χ1) is 10.3. The molecule has 21 heavy (non-hydrogen) atoms. The quantitative estimate of drug-likeness (QED) is 0.722. The first-order valence-corrected chi connectivity index (χ1v) is 7.08. The van der Waals surface area contributed by atoms with Crippen molar-refractivity contribution >= 4 is 10.9 Å². The van der Waals surface area contributed by atoms with Gasteiger partial charge in [0, 0.05) is 24.1 Å². The molecule has 1 aromatic carbocycles. The van der Waals surface area contributed by atoms with E-state index in [9.17, 15) is 0 Å². The van der Waals surface area contributed by atoms with Gasteiger partial charge in [0.25, 0.3) is 5.89 Å². The van der Waals surface area contributed by atoms with Crippen LogP contribution in [0.15, 0.2) is 35.0 Å². The van der Waals surface area contributed by atoms with Crippen LogP contribution in [-0.2, 0) is 4.74 Å². The summed E-state index contributed by atoms with van der Waals surface area (Å²) >= 11 is 0. The van der Waals surface area contributed by atoms with Gasteiger partial charge in [0.05, 0.1) is 17.7 Å². The average molecular weight is 281 g/mol. The predicted octanol–water partition coefficient (Wildman–Crippen LogP) is 3.10. The van der Waals surface area contributed by atoms with E-state index < -0.39 is 0 Å². The second kappa shape index (κ2) is 4.93. The summed E-state index contributed by atoms with van der Waals surface area (Å²) < 4.78 is 10.8. The molecule has 0 radical (unpaired) electrons. The highest BCUT2D eigenvalue weighted by Gasteiger charge is 2.23. The summed E-state index contributed by atoms with van der Waals surface area (Å²) in [6, 6.07) is 8.08. The minimum atomic E-state index is 0.248. The van der Waals surface area contributed by atoms with E-state index in [1.54, 1.807) is 6.20 Å². The van der Waals surface area contributed by atoms with Gasteiger partial charge in [-0.3, -0.25) is 4.98 Å². The Hall–Kier alpha value is -2.27. The first kappa shape index (κ1) is 12.5. The third-order valence-corrected chi connectivity index (χ3v) is 3.86. The molecule has 106 valence electrons. The number of hydrogen-bond acceptors (Lipinski definition) is 5. The molecule has 0 aliphatic carbocycles. The molecule has 0 N–H and O–H groups in total. The van der Waals surface area contributed by atoms with Crippen molar-refractivity contribution in [3.8, 4) is 11.5 Å². The molecule has 5 nitrogen and oxygen atoms in total. The lowest BCUT2D eigenvalue weighted by molar-refractivity contribution is 0.192. The Morgan fingerprint density at radius 2 is 2.19 bits per heavy atom. The third kappa shape index (κ3) is 2.19. The lowest BCUT2D eigenvalue weighted by Crippen LogP contribution is -1.99. The zero-order chi connectivity index (χ0) is 14.2. The van der Waals surface area contributed by atoms with Crippen LogP contribution in [0.25, 0.3) is 22.4 Å². The van der Waals surface area contributed by atoms with Crippen LogP contribution < -0.4 is 0 Å². The van der Waals surface area contributed by atoms with Crippen molar-refractivity contribution < 1.29 is 9.26 Å². The summed E-state index contributed by atoms with van der Waals surface area (Å²) in [6.45, 7) is 3.51. The minimum absolute atomic E-state index is 0.248. The molecule has 5 heteroatoms. The zero-order valence-corrected chi connectivity index (χ0v) is 11.7. The van der Waals surface area contributed by atoms with Gasteiger partial charge in [-0.1, -0.05) is 16.8 Å². The van der Waals surface area contributed by atoms with Gasteiger partial charge >= 0.3 is 0 Å². The highest BCUT2D eigenvalue weighted by atomic mass is 16.5. The average Bonchev–Trinajstić information content (AvgIpc) is 3.17. The lowest BCUT2D eigenvalue weighted by Gasteiger charge is -2.03. The molecule has 0 bridgehead atoms. The van der Waals surface area contributed by atoms with Crippen LogP contribution in [0.2, 0.25) is 0 Å². The van der Waals surface area contributed by atoms with Gasteiger partial charge in [0.15, 0.2) is 5.82 Å². The number of aryl methyl sites for hydroxylation is 1. The van der Waals surface area contributed by atoms with E-state index in [0.717, 1.165) is 35.3 Å². The molecule has 4 rings (SSSR count). The van der Waals surface area contributed by atoms with Crippen LogP contribution in [0.5, 0.6) is 0 Å².